The molecule has 86 valence electrons. The van der Waals surface area contributed by atoms with Gasteiger partial charge in [-0.2, -0.15) is 5.26 Å². The highest BCUT2D eigenvalue weighted by molar-refractivity contribution is 5.75. The molecule has 0 aliphatic heterocycles. The lowest BCUT2D eigenvalue weighted by molar-refractivity contribution is -0.139. The van der Waals surface area contributed by atoms with Crippen LogP contribution in [0, 0.1) is 29.1 Å². The fraction of sp³-hybridized carbons (Fsp3) is 0.286. The Bertz CT molecular complexity index is 496. The lowest BCUT2D eigenvalue weighted by Gasteiger charge is -1.93. The molecule has 2 rings (SSSR count). The molecule has 17 heavy (non-hydrogen) atoms. The van der Waals surface area contributed by atoms with Crippen molar-refractivity contribution in [1.82, 2.24) is 0 Å². The van der Waals surface area contributed by atoms with Gasteiger partial charge < -0.3 is 5.11 Å². The van der Waals surface area contributed by atoms with Crippen LogP contribution in [0.4, 0.5) is 0 Å². The second-order valence-electron chi connectivity index (χ2n) is 4.39. The van der Waals surface area contributed by atoms with E-state index in [1.54, 1.807) is 12.1 Å². The topological polar surface area (TPSA) is 61.1 Å². The maximum atomic E-state index is 10.8. The second kappa shape index (κ2) is 4.42. The van der Waals surface area contributed by atoms with E-state index in [0.717, 1.165) is 5.56 Å². The number of aliphatic carboxylic acids is 1. The monoisotopic (exact) mass is 227 g/mol. The van der Waals surface area contributed by atoms with E-state index in [0.29, 0.717) is 5.56 Å². The normalized spacial score (nSPS) is 26.7. The number of hydrogen-bond donors (Lipinski definition) is 1. The molecule has 1 aromatic carbocycles. The van der Waals surface area contributed by atoms with E-state index >= 15 is 0 Å². The molecule has 0 radical (unpaired) electrons. The van der Waals surface area contributed by atoms with E-state index in [1.807, 2.05) is 31.2 Å². The number of carbonyl (C=O) groups is 1. The van der Waals surface area contributed by atoms with E-state index in [9.17, 15) is 4.79 Å². The Labute approximate surface area is 100 Å². The standard InChI is InChI=1S/C14H13NO2/c1-9-12(13(9)14(16)17)7-6-10-2-4-11(8-15)5-3-10/h2-7,9,12-13H,1H3,(H,16,17)/b7-6+. The number of hydrogen-bond acceptors (Lipinski definition) is 2. The summed E-state index contributed by atoms with van der Waals surface area (Å²) in [6.07, 6.45) is 3.87. The molecular weight excluding hydrogens is 214 g/mol. The van der Waals surface area contributed by atoms with Crippen molar-refractivity contribution in [3.63, 3.8) is 0 Å². The van der Waals surface area contributed by atoms with Gasteiger partial charge in [0.05, 0.1) is 17.6 Å². The number of nitriles is 1. The molecule has 1 N–H and O–H groups in total. The molecule has 1 aliphatic rings. The van der Waals surface area contributed by atoms with E-state index < -0.39 is 5.97 Å². The average molecular weight is 227 g/mol. The van der Waals surface area contributed by atoms with Gasteiger partial charge in [0.1, 0.15) is 0 Å². The Hall–Kier alpha value is -2.08. The number of benzene rings is 1. The van der Waals surface area contributed by atoms with Gasteiger partial charge in [-0.1, -0.05) is 31.2 Å². The van der Waals surface area contributed by atoms with Gasteiger partial charge in [-0.15, -0.1) is 0 Å². The summed E-state index contributed by atoms with van der Waals surface area (Å²) >= 11 is 0. The second-order valence-corrected chi connectivity index (χ2v) is 4.39. The summed E-state index contributed by atoms with van der Waals surface area (Å²) in [5, 5.41) is 17.5. The average Bonchev–Trinajstić information content (AvgIpc) is 2.98. The summed E-state index contributed by atoms with van der Waals surface area (Å²) in [6, 6.07) is 9.29. The van der Waals surface area contributed by atoms with Crippen molar-refractivity contribution in [3.8, 4) is 6.07 Å². The van der Waals surface area contributed by atoms with Crippen LogP contribution >= 0.6 is 0 Å². The number of rotatable bonds is 3. The van der Waals surface area contributed by atoms with Crippen molar-refractivity contribution in [1.29, 1.82) is 5.26 Å². The third kappa shape index (κ3) is 2.36. The first-order valence-corrected chi connectivity index (χ1v) is 5.54. The maximum Gasteiger partial charge on any atom is 0.307 e. The van der Waals surface area contributed by atoms with Crippen molar-refractivity contribution in [3.05, 3.63) is 41.5 Å². The SMILES string of the molecule is CC1C(/C=C/c2ccc(C#N)cc2)C1C(=O)O. The van der Waals surface area contributed by atoms with Crippen molar-refractivity contribution in [2.75, 3.05) is 0 Å². The summed E-state index contributed by atoms with van der Waals surface area (Å²) in [5.41, 5.74) is 1.62. The smallest absolute Gasteiger partial charge is 0.307 e. The quantitative estimate of drug-likeness (QED) is 0.863. The number of carboxylic acids is 1. The Balaban J connectivity index is 2.02. The highest BCUT2D eigenvalue weighted by atomic mass is 16.4. The molecule has 3 heteroatoms. The zero-order valence-electron chi connectivity index (χ0n) is 9.50. The molecule has 1 saturated carbocycles. The van der Waals surface area contributed by atoms with Crippen LogP contribution in [0.1, 0.15) is 18.1 Å². The van der Waals surface area contributed by atoms with E-state index in [-0.39, 0.29) is 17.8 Å². The third-order valence-corrected chi connectivity index (χ3v) is 3.28. The van der Waals surface area contributed by atoms with Gasteiger partial charge in [-0.3, -0.25) is 4.79 Å². The first-order chi connectivity index (χ1) is 8.13. The van der Waals surface area contributed by atoms with E-state index in [1.165, 1.54) is 0 Å². The van der Waals surface area contributed by atoms with Crippen LogP contribution in [0.15, 0.2) is 30.3 Å². The molecule has 1 aliphatic carbocycles. The van der Waals surface area contributed by atoms with Gasteiger partial charge in [0, 0.05) is 0 Å². The summed E-state index contributed by atoms with van der Waals surface area (Å²) in [6.45, 7) is 1.95. The fourth-order valence-corrected chi connectivity index (χ4v) is 2.07. The molecule has 0 aromatic heterocycles. The Kier molecular flexibility index (Phi) is 2.97. The predicted octanol–water partition coefficient (Wildman–Crippen LogP) is 2.54. The van der Waals surface area contributed by atoms with Crippen LogP contribution < -0.4 is 0 Å². The zero-order valence-corrected chi connectivity index (χ0v) is 9.50. The molecule has 3 nitrogen and oxygen atoms in total. The molecule has 1 fully saturated rings. The summed E-state index contributed by atoms with van der Waals surface area (Å²) in [7, 11) is 0. The molecule has 0 amide bonds. The minimum Gasteiger partial charge on any atom is -0.481 e. The summed E-state index contributed by atoms with van der Waals surface area (Å²) < 4.78 is 0. The van der Waals surface area contributed by atoms with Crippen LogP contribution in [-0.2, 0) is 4.79 Å². The number of carboxylic acid groups (broad SMARTS) is 1. The van der Waals surface area contributed by atoms with E-state index in [4.69, 9.17) is 10.4 Å². The van der Waals surface area contributed by atoms with Crippen molar-refractivity contribution in [2.45, 2.75) is 6.92 Å². The van der Waals surface area contributed by atoms with Crippen LogP contribution in [-0.4, -0.2) is 11.1 Å². The number of allylic oxidation sites excluding steroid dienone is 1. The Morgan fingerprint density at radius 2 is 2.06 bits per heavy atom. The van der Waals surface area contributed by atoms with Crippen molar-refractivity contribution in [2.24, 2.45) is 17.8 Å². The van der Waals surface area contributed by atoms with Crippen molar-refractivity contribution >= 4 is 12.0 Å². The highest BCUT2D eigenvalue weighted by Crippen LogP contribution is 2.47. The highest BCUT2D eigenvalue weighted by Gasteiger charge is 2.50. The van der Waals surface area contributed by atoms with Crippen LogP contribution in [0.2, 0.25) is 0 Å². The first-order valence-electron chi connectivity index (χ1n) is 5.54. The van der Waals surface area contributed by atoms with Crippen LogP contribution in [0.25, 0.3) is 6.08 Å². The van der Waals surface area contributed by atoms with Gasteiger partial charge in [0.2, 0.25) is 0 Å². The Morgan fingerprint density at radius 3 is 2.53 bits per heavy atom. The van der Waals surface area contributed by atoms with Gasteiger partial charge in [0.25, 0.3) is 0 Å². The molecule has 0 saturated heterocycles. The van der Waals surface area contributed by atoms with Crippen molar-refractivity contribution < 1.29 is 9.90 Å². The van der Waals surface area contributed by atoms with Crippen LogP contribution in [0.5, 0.6) is 0 Å². The lowest BCUT2D eigenvalue weighted by atomic mass is 10.1. The Morgan fingerprint density at radius 1 is 1.41 bits per heavy atom. The molecule has 0 heterocycles. The first kappa shape index (κ1) is 11.4. The van der Waals surface area contributed by atoms with E-state index in [2.05, 4.69) is 6.07 Å². The maximum absolute atomic E-state index is 10.8. The largest absolute Gasteiger partial charge is 0.481 e. The van der Waals surface area contributed by atoms with Gasteiger partial charge in [0.15, 0.2) is 0 Å². The van der Waals surface area contributed by atoms with Gasteiger partial charge >= 0.3 is 5.97 Å². The third-order valence-electron chi connectivity index (χ3n) is 3.28. The molecule has 1 aromatic rings. The minimum absolute atomic E-state index is 0.142. The van der Waals surface area contributed by atoms with Gasteiger partial charge in [-0.25, -0.2) is 0 Å². The molecule has 0 spiro atoms. The fourth-order valence-electron chi connectivity index (χ4n) is 2.07. The molecule has 3 unspecified atom stereocenters. The zero-order chi connectivity index (χ0) is 12.4. The summed E-state index contributed by atoms with van der Waals surface area (Å²) in [5.74, 6) is -0.582. The molecule has 0 bridgehead atoms. The predicted molar refractivity (Wildman–Crippen MR) is 64.0 cm³/mol. The summed E-state index contributed by atoms with van der Waals surface area (Å²) in [4.78, 5) is 10.8. The van der Waals surface area contributed by atoms with Gasteiger partial charge in [-0.05, 0) is 29.5 Å². The minimum atomic E-state index is -0.716. The van der Waals surface area contributed by atoms with Crippen LogP contribution in [0.3, 0.4) is 0 Å². The number of nitrogens with zero attached hydrogens (tertiary/aromatic N) is 1. The lowest BCUT2D eigenvalue weighted by Crippen LogP contribution is -1.99. The molecule has 3 atom stereocenters. The molecular formula is C14H13NO2.